The number of thiocarbonyl (C=S) groups is 1. The highest BCUT2D eigenvalue weighted by atomic mass is 32.1. The minimum atomic E-state index is 0.287. The molecular formula is C25H39N3OS. The second kappa shape index (κ2) is 8.80. The Morgan fingerprint density at radius 1 is 0.967 bits per heavy atom. The topological polar surface area (TPSA) is 44.4 Å². The lowest BCUT2D eigenvalue weighted by atomic mass is 9.53. The van der Waals surface area contributed by atoms with Gasteiger partial charge in [-0.3, -0.25) is 4.79 Å². The van der Waals surface area contributed by atoms with Crippen LogP contribution in [0, 0.1) is 17.8 Å². The van der Waals surface area contributed by atoms with Crippen molar-refractivity contribution in [3.63, 3.8) is 0 Å². The average Bonchev–Trinajstić information content (AvgIpc) is 2.71. The molecule has 4 saturated carbocycles. The molecule has 2 N–H and O–H groups in total. The summed E-state index contributed by atoms with van der Waals surface area (Å²) in [6.07, 6.45) is 17.3. The van der Waals surface area contributed by atoms with Crippen LogP contribution >= 0.6 is 12.2 Å². The van der Waals surface area contributed by atoms with Gasteiger partial charge < -0.3 is 15.5 Å². The SMILES string of the molecule is O=C(CCCCNC(=S)NC12CC3CC(CC(C3)C1)C2)N1CCC2=C(CCCC2)C1. The molecule has 4 bridgehead atoms. The van der Waals surface area contributed by atoms with Gasteiger partial charge in [-0.1, -0.05) is 11.1 Å². The molecule has 0 atom stereocenters. The van der Waals surface area contributed by atoms with Crippen LogP contribution < -0.4 is 10.6 Å². The maximum Gasteiger partial charge on any atom is 0.222 e. The molecule has 1 amide bonds. The van der Waals surface area contributed by atoms with Crippen molar-refractivity contribution in [1.29, 1.82) is 0 Å². The molecule has 0 aromatic heterocycles. The highest BCUT2D eigenvalue weighted by molar-refractivity contribution is 7.80. The molecule has 0 aromatic carbocycles. The first-order valence-electron chi connectivity index (χ1n) is 12.6. The van der Waals surface area contributed by atoms with Crippen LogP contribution in [0.25, 0.3) is 0 Å². The van der Waals surface area contributed by atoms with E-state index >= 15 is 0 Å². The first-order valence-corrected chi connectivity index (χ1v) is 13.0. The Bertz CT molecular complexity index is 680. The maximum atomic E-state index is 12.6. The summed E-state index contributed by atoms with van der Waals surface area (Å²) in [4.78, 5) is 14.7. The Morgan fingerprint density at radius 3 is 2.33 bits per heavy atom. The largest absolute Gasteiger partial charge is 0.363 e. The van der Waals surface area contributed by atoms with Gasteiger partial charge in [-0.15, -0.1) is 0 Å². The molecule has 166 valence electrons. The molecule has 30 heavy (non-hydrogen) atoms. The molecule has 0 saturated heterocycles. The van der Waals surface area contributed by atoms with E-state index in [1.54, 1.807) is 11.1 Å². The normalized spacial score (nSPS) is 34.7. The van der Waals surface area contributed by atoms with E-state index in [0.717, 1.165) is 61.8 Å². The van der Waals surface area contributed by atoms with Crippen molar-refractivity contribution in [3.8, 4) is 0 Å². The number of hydrogen-bond acceptors (Lipinski definition) is 2. The van der Waals surface area contributed by atoms with Crippen molar-refractivity contribution < 1.29 is 4.79 Å². The highest BCUT2D eigenvalue weighted by Gasteiger charge is 2.51. The van der Waals surface area contributed by atoms with Crippen LogP contribution in [0.3, 0.4) is 0 Å². The monoisotopic (exact) mass is 429 g/mol. The van der Waals surface area contributed by atoms with Crippen molar-refractivity contribution >= 4 is 23.2 Å². The predicted octanol–water partition coefficient (Wildman–Crippen LogP) is 4.69. The number of rotatable bonds is 6. The number of hydrogen-bond donors (Lipinski definition) is 2. The van der Waals surface area contributed by atoms with Crippen LogP contribution in [-0.2, 0) is 4.79 Å². The van der Waals surface area contributed by atoms with Crippen molar-refractivity contribution in [2.75, 3.05) is 19.6 Å². The van der Waals surface area contributed by atoms with Crippen molar-refractivity contribution in [3.05, 3.63) is 11.1 Å². The van der Waals surface area contributed by atoms with Crippen LogP contribution in [0.5, 0.6) is 0 Å². The van der Waals surface area contributed by atoms with E-state index in [1.165, 1.54) is 64.2 Å². The zero-order valence-electron chi connectivity index (χ0n) is 18.5. The smallest absolute Gasteiger partial charge is 0.222 e. The zero-order valence-corrected chi connectivity index (χ0v) is 19.3. The number of unbranched alkanes of at least 4 members (excludes halogenated alkanes) is 1. The first kappa shape index (κ1) is 20.8. The molecule has 0 unspecified atom stereocenters. The van der Waals surface area contributed by atoms with E-state index in [0.29, 0.717) is 12.3 Å². The van der Waals surface area contributed by atoms with Crippen LogP contribution in [0.2, 0.25) is 0 Å². The molecule has 6 rings (SSSR count). The van der Waals surface area contributed by atoms with Gasteiger partial charge >= 0.3 is 0 Å². The molecular weight excluding hydrogens is 390 g/mol. The molecule has 0 radical (unpaired) electrons. The molecule has 5 heteroatoms. The lowest BCUT2D eigenvalue weighted by Gasteiger charge is -2.57. The second-order valence-electron chi connectivity index (χ2n) is 11.0. The number of carbonyl (C=O) groups excluding carboxylic acids is 1. The van der Waals surface area contributed by atoms with E-state index in [2.05, 4.69) is 15.5 Å². The van der Waals surface area contributed by atoms with E-state index in [9.17, 15) is 4.79 Å². The molecule has 5 aliphatic carbocycles. The van der Waals surface area contributed by atoms with Gasteiger partial charge in [0.15, 0.2) is 5.11 Å². The quantitative estimate of drug-likeness (QED) is 0.365. The van der Waals surface area contributed by atoms with Gasteiger partial charge in [-0.25, -0.2) is 0 Å². The highest BCUT2D eigenvalue weighted by Crippen LogP contribution is 2.55. The van der Waals surface area contributed by atoms with Crippen molar-refractivity contribution in [2.24, 2.45) is 17.8 Å². The lowest BCUT2D eigenvalue weighted by Crippen LogP contribution is -2.61. The van der Waals surface area contributed by atoms with Crippen molar-refractivity contribution in [2.45, 2.75) is 95.4 Å². The number of nitrogens with one attached hydrogen (secondary N) is 2. The van der Waals surface area contributed by atoms with Crippen LogP contribution in [0.1, 0.15) is 89.9 Å². The van der Waals surface area contributed by atoms with Gasteiger partial charge in [-0.2, -0.15) is 0 Å². The first-order chi connectivity index (χ1) is 14.6. The lowest BCUT2D eigenvalue weighted by molar-refractivity contribution is -0.131. The summed E-state index contributed by atoms with van der Waals surface area (Å²) in [6, 6.07) is 0. The summed E-state index contributed by atoms with van der Waals surface area (Å²) in [6.45, 7) is 2.72. The molecule has 0 aromatic rings. The van der Waals surface area contributed by atoms with Gasteiger partial charge in [0.25, 0.3) is 0 Å². The third kappa shape index (κ3) is 4.56. The fourth-order valence-corrected chi connectivity index (χ4v) is 7.94. The standard InChI is InChI=1S/C25H39N3OS/c29-23(28-10-8-21-5-1-2-6-22(21)17-28)7-3-4-9-26-24(30)27-25-14-18-11-19(15-25)13-20(12-18)16-25/h18-20H,1-17H2,(H2,26,27,30). The average molecular weight is 430 g/mol. The second-order valence-corrected chi connectivity index (χ2v) is 11.4. The number of nitrogens with zero attached hydrogens (tertiary/aromatic N) is 1. The summed E-state index contributed by atoms with van der Waals surface area (Å²) in [7, 11) is 0. The molecule has 0 spiro atoms. The fourth-order valence-electron chi connectivity index (χ4n) is 7.63. The minimum Gasteiger partial charge on any atom is -0.363 e. The van der Waals surface area contributed by atoms with Gasteiger partial charge in [0, 0.05) is 31.6 Å². The molecule has 4 nitrogen and oxygen atoms in total. The summed E-state index contributed by atoms with van der Waals surface area (Å²) < 4.78 is 0. The number of amides is 1. The summed E-state index contributed by atoms with van der Waals surface area (Å²) >= 11 is 5.64. The Balaban J connectivity index is 0.990. The molecule has 6 aliphatic rings. The van der Waals surface area contributed by atoms with E-state index in [1.807, 2.05) is 0 Å². The third-order valence-electron chi connectivity index (χ3n) is 8.64. The van der Waals surface area contributed by atoms with Crippen molar-refractivity contribution in [1.82, 2.24) is 15.5 Å². The maximum absolute atomic E-state index is 12.6. The predicted molar refractivity (Wildman–Crippen MR) is 125 cm³/mol. The Hall–Kier alpha value is -1.10. The molecule has 1 aliphatic heterocycles. The number of carbonyl (C=O) groups is 1. The van der Waals surface area contributed by atoms with E-state index < -0.39 is 0 Å². The Morgan fingerprint density at radius 2 is 1.63 bits per heavy atom. The van der Waals surface area contributed by atoms with Crippen LogP contribution in [-0.4, -0.2) is 41.1 Å². The summed E-state index contributed by atoms with van der Waals surface area (Å²) in [5.41, 5.74) is 3.52. The molecule has 4 fully saturated rings. The third-order valence-corrected chi connectivity index (χ3v) is 8.89. The van der Waals surface area contributed by atoms with E-state index in [4.69, 9.17) is 12.2 Å². The molecule has 1 heterocycles. The summed E-state index contributed by atoms with van der Waals surface area (Å²) in [5, 5.41) is 8.02. The van der Waals surface area contributed by atoms with Crippen LogP contribution in [0.4, 0.5) is 0 Å². The van der Waals surface area contributed by atoms with Gasteiger partial charge in [0.2, 0.25) is 5.91 Å². The van der Waals surface area contributed by atoms with Crippen LogP contribution in [0.15, 0.2) is 11.1 Å². The zero-order chi connectivity index (χ0) is 20.6. The Labute approximate surface area is 187 Å². The fraction of sp³-hybridized carbons (Fsp3) is 0.840. The van der Waals surface area contributed by atoms with E-state index in [-0.39, 0.29) is 5.54 Å². The van der Waals surface area contributed by atoms with Gasteiger partial charge in [0.1, 0.15) is 0 Å². The van der Waals surface area contributed by atoms with Gasteiger partial charge in [-0.05, 0) is 113 Å². The Kier molecular flexibility index (Phi) is 6.10. The van der Waals surface area contributed by atoms with Gasteiger partial charge in [0.05, 0.1) is 0 Å². The minimum absolute atomic E-state index is 0.287. The summed E-state index contributed by atoms with van der Waals surface area (Å²) in [5.74, 6) is 3.16.